The smallest absolute Gasteiger partial charge is 0.233 e. The lowest BCUT2D eigenvalue weighted by Gasteiger charge is -2.27. The lowest BCUT2D eigenvalue weighted by molar-refractivity contribution is 0.122. The molecule has 1 aromatic heterocycles. The van der Waals surface area contributed by atoms with Crippen molar-refractivity contribution in [2.75, 3.05) is 43.1 Å². The molecule has 0 aliphatic carbocycles. The second kappa shape index (κ2) is 9.41. The van der Waals surface area contributed by atoms with Gasteiger partial charge in [-0.15, -0.1) is 0 Å². The number of halogens is 1. The van der Waals surface area contributed by atoms with E-state index in [2.05, 4.69) is 30.2 Å². The molecule has 1 aromatic carbocycles. The number of amidine groups is 1. The Morgan fingerprint density at radius 1 is 1.10 bits per heavy atom. The summed E-state index contributed by atoms with van der Waals surface area (Å²) < 4.78 is 18.9. The number of morpholine rings is 1. The van der Waals surface area contributed by atoms with Crippen molar-refractivity contribution in [3.8, 4) is 0 Å². The van der Waals surface area contributed by atoms with Crippen molar-refractivity contribution in [1.29, 1.82) is 0 Å². The Morgan fingerprint density at radius 3 is 2.77 bits per heavy atom. The fraction of sp³-hybridized carbons (Fsp3) is 0.273. The Bertz CT molecular complexity index is 1020. The summed E-state index contributed by atoms with van der Waals surface area (Å²) in [5.74, 6) is 1.90. The van der Waals surface area contributed by atoms with Gasteiger partial charge in [-0.3, -0.25) is 4.99 Å². The first-order valence-electron chi connectivity index (χ1n) is 9.87. The van der Waals surface area contributed by atoms with Crippen molar-refractivity contribution >= 4 is 29.9 Å². The summed E-state index contributed by atoms with van der Waals surface area (Å²) in [4.78, 5) is 20.2. The number of rotatable bonds is 5. The highest BCUT2D eigenvalue weighted by Crippen LogP contribution is 2.16. The zero-order valence-electron chi connectivity index (χ0n) is 16.8. The van der Waals surface area contributed by atoms with Crippen LogP contribution < -0.4 is 10.2 Å². The summed E-state index contributed by atoms with van der Waals surface area (Å²) in [5, 5.41) is 3.18. The number of allylic oxidation sites excluding steroid dienone is 1. The van der Waals surface area contributed by atoms with Gasteiger partial charge in [0.05, 0.1) is 19.8 Å². The molecule has 0 amide bonds. The molecule has 8 heteroatoms. The molecule has 0 spiro atoms. The van der Waals surface area contributed by atoms with Crippen LogP contribution in [0.5, 0.6) is 0 Å². The third-order valence-electron chi connectivity index (χ3n) is 4.58. The molecule has 0 saturated carbocycles. The molecule has 154 valence electrons. The first-order valence-corrected chi connectivity index (χ1v) is 9.87. The average molecular weight is 406 g/mol. The van der Waals surface area contributed by atoms with E-state index in [1.165, 1.54) is 12.1 Å². The minimum atomic E-state index is -0.285. The first kappa shape index (κ1) is 19.9. The third-order valence-corrected chi connectivity index (χ3v) is 4.58. The van der Waals surface area contributed by atoms with Gasteiger partial charge >= 0.3 is 0 Å². The lowest BCUT2D eigenvalue weighted by atomic mass is 10.2. The van der Waals surface area contributed by atoms with Gasteiger partial charge in [-0.05, 0) is 42.3 Å². The average Bonchev–Trinajstić information content (AvgIpc) is 3.20. The predicted octanol–water partition coefficient (Wildman–Crippen LogP) is 3.34. The SMILES string of the molecule is C/C=C/C1=CC(Nc2nc(/C=C/c3cccc(F)c3)nc(N3CCOCC3)n2)=NC1. The van der Waals surface area contributed by atoms with Crippen LogP contribution in [0.4, 0.5) is 16.3 Å². The van der Waals surface area contributed by atoms with Crippen molar-refractivity contribution in [2.45, 2.75) is 6.92 Å². The van der Waals surface area contributed by atoms with E-state index in [1.807, 2.05) is 31.2 Å². The summed E-state index contributed by atoms with van der Waals surface area (Å²) in [7, 11) is 0. The van der Waals surface area contributed by atoms with Crippen molar-refractivity contribution in [1.82, 2.24) is 15.0 Å². The minimum absolute atomic E-state index is 0.285. The maximum absolute atomic E-state index is 13.5. The number of ether oxygens (including phenoxy) is 1. The Hall–Kier alpha value is -3.39. The molecule has 0 bridgehead atoms. The van der Waals surface area contributed by atoms with Crippen molar-refractivity contribution < 1.29 is 9.13 Å². The van der Waals surface area contributed by atoms with Gasteiger partial charge in [0.15, 0.2) is 5.82 Å². The Balaban J connectivity index is 1.61. The number of aromatic nitrogens is 3. The van der Waals surface area contributed by atoms with E-state index in [9.17, 15) is 4.39 Å². The van der Waals surface area contributed by atoms with Crippen LogP contribution in [0.25, 0.3) is 12.2 Å². The molecule has 0 atom stereocenters. The zero-order valence-corrected chi connectivity index (χ0v) is 16.8. The number of benzene rings is 1. The maximum atomic E-state index is 13.5. The highest BCUT2D eigenvalue weighted by molar-refractivity contribution is 6.05. The third kappa shape index (κ3) is 5.15. The van der Waals surface area contributed by atoms with Crippen LogP contribution in [0.1, 0.15) is 18.3 Å². The van der Waals surface area contributed by atoms with Gasteiger partial charge in [-0.25, -0.2) is 4.39 Å². The van der Waals surface area contributed by atoms with Crippen LogP contribution in [0, 0.1) is 5.82 Å². The van der Waals surface area contributed by atoms with Crippen LogP contribution in [0.15, 0.2) is 53.1 Å². The van der Waals surface area contributed by atoms with Crippen LogP contribution in [0.2, 0.25) is 0 Å². The van der Waals surface area contributed by atoms with E-state index in [0.717, 1.165) is 11.1 Å². The van der Waals surface area contributed by atoms with Gasteiger partial charge in [-0.2, -0.15) is 15.0 Å². The minimum Gasteiger partial charge on any atom is -0.378 e. The molecule has 1 fully saturated rings. The Labute approximate surface area is 174 Å². The second-order valence-electron chi connectivity index (χ2n) is 6.85. The number of aliphatic imine (C=N–C) groups is 1. The van der Waals surface area contributed by atoms with Crippen LogP contribution in [-0.4, -0.2) is 53.6 Å². The standard InChI is InChI=1S/C22H23FN6O/c1-2-4-17-14-20(24-15-17)26-21-25-19(8-7-16-5-3-6-18(23)13-16)27-22(28-21)29-9-11-30-12-10-29/h2-8,13-14H,9-12,15H2,1H3,(H,24,25,26,27,28)/b4-2+,8-7+. The number of nitrogens with one attached hydrogen (secondary N) is 1. The van der Waals surface area contributed by atoms with Gasteiger partial charge in [0.1, 0.15) is 11.7 Å². The van der Waals surface area contributed by atoms with Crippen LogP contribution >= 0.6 is 0 Å². The molecule has 0 unspecified atom stereocenters. The highest BCUT2D eigenvalue weighted by Gasteiger charge is 2.17. The topological polar surface area (TPSA) is 75.5 Å². The highest BCUT2D eigenvalue weighted by atomic mass is 19.1. The summed E-state index contributed by atoms with van der Waals surface area (Å²) in [6.45, 7) is 5.28. The van der Waals surface area contributed by atoms with Gasteiger partial charge in [0.2, 0.25) is 11.9 Å². The van der Waals surface area contributed by atoms with Gasteiger partial charge in [0, 0.05) is 13.1 Å². The molecule has 0 radical (unpaired) electrons. The lowest BCUT2D eigenvalue weighted by Crippen LogP contribution is -2.37. The normalized spacial score (nSPS) is 16.9. The summed E-state index contributed by atoms with van der Waals surface area (Å²) in [6.07, 6.45) is 9.52. The van der Waals surface area contributed by atoms with Crippen molar-refractivity contribution in [3.63, 3.8) is 0 Å². The molecule has 2 aliphatic rings. The predicted molar refractivity (Wildman–Crippen MR) is 117 cm³/mol. The van der Waals surface area contributed by atoms with E-state index < -0.39 is 0 Å². The molecule has 4 rings (SSSR count). The largest absolute Gasteiger partial charge is 0.378 e. The monoisotopic (exact) mass is 406 g/mol. The summed E-state index contributed by atoms with van der Waals surface area (Å²) in [5.41, 5.74) is 1.85. The first-order chi connectivity index (χ1) is 14.7. The van der Waals surface area contributed by atoms with Gasteiger partial charge in [0.25, 0.3) is 0 Å². The van der Waals surface area contributed by atoms with Crippen LogP contribution in [-0.2, 0) is 4.74 Å². The van der Waals surface area contributed by atoms with Crippen LogP contribution in [0.3, 0.4) is 0 Å². The summed E-state index contributed by atoms with van der Waals surface area (Å²) >= 11 is 0. The number of hydrogen-bond acceptors (Lipinski definition) is 7. The molecule has 2 aliphatic heterocycles. The quantitative estimate of drug-likeness (QED) is 0.821. The van der Waals surface area contributed by atoms with E-state index in [-0.39, 0.29) is 5.82 Å². The molecule has 1 saturated heterocycles. The molecule has 30 heavy (non-hydrogen) atoms. The van der Waals surface area contributed by atoms with Crippen molar-refractivity contribution in [3.05, 3.63) is 65.3 Å². The molecular formula is C22H23FN6O. The van der Waals surface area contributed by atoms with Gasteiger partial charge < -0.3 is 15.0 Å². The molecule has 1 N–H and O–H groups in total. The molecular weight excluding hydrogens is 383 g/mol. The Kier molecular flexibility index (Phi) is 6.24. The van der Waals surface area contributed by atoms with Crippen molar-refractivity contribution in [2.24, 2.45) is 4.99 Å². The fourth-order valence-corrected chi connectivity index (χ4v) is 3.15. The molecule has 3 heterocycles. The van der Waals surface area contributed by atoms with E-state index in [4.69, 9.17) is 4.74 Å². The Morgan fingerprint density at radius 2 is 1.97 bits per heavy atom. The van der Waals surface area contributed by atoms with E-state index in [0.29, 0.717) is 56.4 Å². The zero-order chi connectivity index (χ0) is 20.8. The maximum Gasteiger partial charge on any atom is 0.233 e. The fourth-order valence-electron chi connectivity index (χ4n) is 3.15. The number of anilines is 2. The van der Waals surface area contributed by atoms with Gasteiger partial charge in [-0.1, -0.05) is 30.4 Å². The number of hydrogen-bond donors (Lipinski definition) is 1. The molecule has 2 aromatic rings. The van der Waals surface area contributed by atoms with E-state index in [1.54, 1.807) is 18.2 Å². The molecule has 7 nitrogen and oxygen atoms in total. The second-order valence-corrected chi connectivity index (χ2v) is 6.85. The number of nitrogens with zero attached hydrogens (tertiary/aromatic N) is 5. The van der Waals surface area contributed by atoms with E-state index >= 15 is 0 Å². The summed E-state index contributed by atoms with van der Waals surface area (Å²) in [6, 6.07) is 6.36.